The highest BCUT2D eigenvalue weighted by atomic mass is 16.4. The Kier molecular flexibility index (Phi) is 3.76. The zero-order chi connectivity index (χ0) is 16.4. The second-order valence-corrected chi connectivity index (χ2v) is 5.03. The predicted octanol–water partition coefficient (Wildman–Crippen LogP) is 0.558. The highest BCUT2D eigenvalue weighted by Gasteiger charge is 2.17. The van der Waals surface area contributed by atoms with Crippen molar-refractivity contribution in [2.24, 2.45) is 0 Å². The van der Waals surface area contributed by atoms with Crippen molar-refractivity contribution in [2.45, 2.75) is 6.42 Å². The van der Waals surface area contributed by atoms with E-state index in [0.29, 0.717) is 22.2 Å². The first-order valence-corrected chi connectivity index (χ1v) is 6.96. The van der Waals surface area contributed by atoms with E-state index in [4.69, 9.17) is 0 Å². The number of carboxylic acid groups (broad SMARTS) is 2. The summed E-state index contributed by atoms with van der Waals surface area (Å²) < 4.78 is 0. The highest BCUT2D eigenvalue weighted by molar-refractivity contribution is 6.05. The Balaban J connectivity index is 2.42. The number of aromatic carboxylic acids is 1. The van der Waals surface area contributed by atoms with E-state index >= 15 is 0 Å². The molecule has 2 aromatic carbocycles. The van der Waals surface area contributed by atoms with Crippen LogP contribution in [0.25, 0.3) is 22.2 Å². The number of carboxylic acids is 2. The number of benzene rings is 2. The van der Waals surface area contributed by atoms with Crippen LogP contribution in [0.15, 0.2) is 54.6 Å². The number of hydrogen-bond acceptors (Lipinski definition) is 5. The van der Waals surface area contributed by atoms with Crippen molar-refractivity contribution in [1.82, 2.24) is 4.98 Å². The summed E-state index contributed by atoms with van der Waals surface area (Å²) >= 11 is 0. The number of hydrogen-bond donors (Lipinski definition) is 0. The van der Waals surface area contributed by atoms with Crippen LogP contribution in [0.4, 0.5) is 0 Å². The molecular weight excluding hydrogens is 294 g/mol. The van der Waals surface area contributed by atoms with Crippen LogP contribution in [0, 0.1) is 0 Å². The minimum Gasteiger partial charge on any atom is -0.550 e. The number of pyridine rings is 1. The summed E-state index contributed by atoms with van der Waals surface area (Å²) in [6.45, 7) is 0. The maximum atomic E-state index is 11.6. The summed E-state index contributed by atoms with van der Waals surface area (Å²) in [5.41, 5.74) is 1.35. The monoisotopic (exact) mass is 305 g/mol. The van der Waals surface area contributed by atoms with Crippen molar-refractivity contribution in [3.05, 3.63) is 65.7 Å². The number of para-hydroxylation sites is 1. The molecule has 0 N–H and O–H groups in total. The van der Waals surface area contributed by atoms with Gasteiger partial charge in [-0.3, -0.25) is 0 Å². The molecule has 0 saturated carbocycles. The average Bonchev–Trinajstić information content (AvgIpc) is 2.54. The smallest absolute Gasteiger partial charge is 0.0752 e. The summed E-state index contributed by atoms with van der Waals surface area (Å²) in [6.07, 6.45) is -0.550. The van der Waals surface area contributed by atoms with Gasteiger partial charge in [0, 0.05) is 28.9 Å². The molecule has 1 heterocycles. The molecule has 0 spiro atoms. The van der Waals surface area contributed by atoms with Gasteiger partial charge in [-0.05, 0) is 11.6 Å². The van der Waals surface area contributed by atoms with E-state index in [1.54, 1.807) is 48.5 Å². The molecule has 0 unspecified atom stereocenters. The molecule has 0 aliphatic carbocycles. The summed E-state index contributed by atoms with van der Waals surface area (Å²) in [5, 5.41) is 23.1. The number of carbonyl (C=O) groups excluding carboxylic acids is 2. The van der Waals surface area contributed by atoms with Gasteiger partial charge in [-0.15, -0.1) is 0 Å². The second kappa shape index (κ2) is 5.88. The third-order valence-corrected chi connectivity index (χ3v) is 3.57. The molecule has 3 rings (SSSR count). The Morgan fingerprint density at radius 2 is 1.57 bits per heavy atom. The predicted molar refractivity (Wildman–Crippen MR) is 80.2 cm³/mol. The van der Waals surface area contributed by atoms with Gasteiger partial charge >= 0.3 is 0 Å². The number of nitrogens with zero attached hydrogens (tertiary/aromatic N) is 1. The van der Waals surface area contributed by atoms with E-state index < -0.39 is 18.4 Å². The first-order valence-electron chi connectivity index (χ1n) is 6.96. The Morgan fingerprint density at radius 1 is 0.913 bits per heavy atom. The molecule has 0 aliphatic rings. The average molecular weight is 305 g/mol. The van der Waals surface area contributed by atoms with Crippen LogP contribution >= 0.6 is 0 Å². The minimum atomic E-state index is -1.43. The summed E-state index contributed by atoms with van der Waals surface area (Å²) in [5.74, 6) is -2.81. The van der Waals surface area contributed by atoms with E-state index in [1.807, 2.05) is 6.07 Å². The fourth-order valence-corrected chi connectivity index (χ4v) is 2.64. The van der Waals surface area contributed by atoms with E-state index in [0.717, 1.165) is 0 Å². The second-order valence-electron chi connectivity index (χ2n) is 5.03. The normalized spacial score (nSPS) is 10.6. The molecule has 0 saturated heterocycles. The lowest BCUT2D eigenvalue weighted by Gasteiger charge is -2.18. The van der Waals surface area contributed by atoms with Crippen LogP contribution in [0.2, 0.25) is 0 Å². The fraction of sp³-hybridized carbons (Fsp3) is 0.0556. The summed E-state index contributed by atoms with van der Waals surface area (Å²) in [4.78, 5) is 27.2. The Hall–Kier alpha value is -3.21. The van der Waals surface area contributed by atoms with Gasteiger partial charge < -0.3 is 19.8 Å². The zero-order valence-electron chi connectivity index (χ0n) is 12.0. The van der Waals surface area contributed by atoms with Crippen molar-refractivity contribution >= 4 is 22.8 Å². The molecule has 3 aromatic rings. The molecule has 0 amide bonds. The molecule has 0 radical (unpaired) electrons. The van der Waals surface area contributed by atoms with Crippen LogP contribution in [0.5, 0.6) is 0 Å². The lowest BCUT2D eigenvalue weighted by molar-refractivity contribution is -0.304. The van der Waals surface area contributed by atoms with E-state index in [9.17, 15) is 19.8 Å². The maximum absolute atomic E-state index is 11.6. The number of aliphatic carboxylic acids is 1. The number of rotatable bonds is 4. The van der Waals surface area contributed by atoms with Gasteiger partial charge in [-0.2, -0.15) is 0 Å². The standard InChI is InChI=1S/C18H13NO4/c20-15(21)10-13-16(18(22)23)12-8-4-5-9-14(12)19-17(13)11-6-2-1-3-7-11/h1-9H,10H2,(H,20,21)(H,22,23)/p-2. The molecule has 23 heavy (non-hydrogen) atoms. The highest BCUT2D eigenvalue weighted by Crippen LogP contribution is 2.30. The Labute approximate surface area is 131 Å². The lowest BCUT2D eigenvalue weighted by Crippen LogP contribution is -2.29. The molecule has 5 nitrogen and oxygen atoms in total. The third kappa shape index (κ3) is 2.76. The van der Waals surface area contributed by atoms with Gasteiger partial charge in [-0.1, -0.05) is 48.5 Å². The van der Waals surface area contributed by atoms with Crippen LogP contribution in [0.1, 0.15) is 15.9 Å². The Bertz CT molecular complexity index is 904. The van der Waals surface area contributed by atoms with Crippen molar-refractivity contribution < 1.29 is 19.8 Å². The fourth-order valence-electron chi connectivity index (χ4n) is 2.64. The van der Waals surface area contributed by atoms with E-state index in [2.05, 4.69) is 4.98 Å². The lowest BCUT2D eigenvalue weighted by atomic mass is 9.94. The van der Waals surface area contributed by atoms with Crippen LogP contribution in [-0.4, -0.2) is 16.9 Å². The maximum Gasteiger partial charge on any atom is 0.0752 e. The van der Waals surface area contributed by atoms with Crippen LogP contribution in [0.3, 0.4) is 0 Å². The quantitative estimate of drug-likeness (QED) is 0.702. The number of carbonyl (C=O) groups is 2. The SMILES string of the molecule is O=C([O-])Cc1c(-c2ccccc2)nc2ccccc2c1C(=O)[O-]. The molecular formula is C18H11NO4-2. The summed E-state index contributed by atoms with van der Waals surface area (Å²) in [7, 11) is 0. The topological polar surface area (TPSA) is 93.2 Å². The minimum absolute atomic E-state index is 0.0925. The third-order valence-electron chi connectivity index (χ3n) is 3.57. The molecule has 114 valence electrons. The van der Waals surface area contributed by atoms with Gasteiger partial charge in [0.2, 0.25) is 0 Å². The van der Waals surface area contributed by atoms with Crippen molar-refractivity contribution in [3.8, 4) is 11.3 Å². The van der Waals surface area contributed by atoms with E-state index in [1.165, 1.54) is 0 Å². The molecule has 0 atom stereocenters. The molecule has 0 aliphatic heterocycles. The van der Waals surface area contributed by atoms with Gasteiger partial charge in [0.25, 0.3) is 0 Å². The molecule has 5 heteroatoms. The van der Waals surface area contributed by atoms with Crippen LogP contribution < -0.4 is 10.2 Å². The van der Waals surface area contributed by atoms with E-state index in [-0.39, 0.29) is 11.1 Å². The molecule has 1 aromatic heterocycles. The van der Waals surface area contributed by atoms with Gasteiger partial charge in [0.15, 0.2) is 0 Å². The first-order chi connectivity index (χ1) is 11.1. The number of fused-ring (bicyclic) bond motifs is 1. The van der Waals surface area contributed by atoms with Gasteiger partial charge in [-0.25, -0.2) is 4.98 Å². The molecule has 0 bridgehead atoms. The first kappa shape index (κ1) is 14.7. The van der Waals surface area contributed by atoms with Crippen molar-refractivity contribution in [2.75, 3.05) is 0 Å². The Morgan fingerprint density at radius 3 is 2.22 bits per heavy atom. The largest absolute Gasteiger partial charge is 0.550 e. The summed E-state index contributed by atoms with van der Waals surface area (Å²) in [6, 6.07) is 15.5. The molecule has 0 fully saturated rings. The van der Waals surface area contributed by atoms with Crippen LogP contribution in [-0.2, 0) is 11.2 Å². The zero-order valence-corrected chi connectivity index (χ0v) is 12.0. The van der Waals surface area contributed by atoms with Gasteiger partial charge in [0.1, 0.15) is 0 Å². The van der Waals surface area contributed by atoms with Crippen molar-refractivity contribution in [3.63, 3.8) is 0 Å². The number of aromatic nitrogens is 1. The van der Waals surface area contributed by atoms with Crippen molar-refractivity contribution in [1.29, 1.82) is 0 Å². The van der Waals surface area contributed by atoms with Gasteiger partial charge in [0.05, 0.1) is 17.2 Å².